The highest BCUT2D eigenvalue weighted by Gasteiger charge is 3.05. The molecule has 4 bridgehead atoms. The maximum absolute atomic E-state index is 15.4. The van der Waals surface area contributed by atoms with Gasteiger partial charge >= 0.3 is 17.9 Å². The van der Waals surface area contributed by atoms with E-state index in [4.69, 9.17) is 37.9 Å². The monoisotopic (exact) mass is 730 g/mol. The molecule has 0 radical (unpaired) electrons. The van der Waals surface area contributed by atoms with Crippen LogP contribution in [0.15, 0.2) is 11.6 Å². The summed E-state index contributed by atoms with van der Waals surface area (Å²) in [6, 6.07) is 0. The summed E-state index contributed by atoms with van der Waals surface area (Å²) in [5.74, 6) is -7.43. The molecule has 16 unspecified atom stereocenters. The summed E-state index contributed by atoms with van der Waals surface area (Å²) < 4.78 is 51.7. The SMILES string of the molecule is COC(=O)CC1C2(C)CC34OC5(C)OC67C8C(C)(CCC6(O5)C13C)C(OC(=O)C(C)C)C1=CC(OC)OC1C8(C(=O)C(C)C)C(=O)OC7C4(O)C2O. The number of aliphatic hydroxyl groups is 2. The topological polar surface area (TPSA) is 183 Å². The van der Waals surface area contributed by atoms with Crippen LogP contribution in [0.25, 0.3) is 0 Å². The van der Waals surface area contributed by atoms with Crippen molar-refractivity contribution in [1.82, 2.24) is 0 Å². The lowest BCUT2D eigenvalue weighted by molar-refractivity contribution is -0.481. The fourth-order valence-electron chi connectivity index (χ4n) is 14.3. The first-order chi connectivity index (χ1) is 24.1. The second-order valence-corrected chi connectivity index (χ2v) is 18.4. The minimum absolute atomic E-state index is 0.102. The zero-order valence-electron chi connectivity index (χ0n) is 31.4. The Morgan fingerprint density at radius 1 is 0.962 bits per heavy atom. The predicted octanol–water partition coefficient (Wildman–Crippen LogP) is 2.10. The molecule has 286 valence electrons. The van der Waals surface area contributed by atoms with Crippen LogP contribution in [0.5, 0.6) is 0 Å². The average Bonchev–Trinajstić information content (AvgIpc) is 3.71. The van der Waals surface area contributed by atoms with Crippen molar-refractivity contribution in [2.24, 2.45) is 45.3 Å². The molecule has 16 atom stereocenters. The van der Waals surface area contributed by atoms with Gasteiger partial charge < -0.3 is 48.1 Å². The third-order valence-corrected chi connectivity index (χ3v) is 15.8. The molecule has 8 fully saturated rings. The quantitative estimate of drug-likeness (QED) is 0.168. The molecule has 52 heavy (non-hydrogen) atoms. The van der Waals surface area contributed by atoms with E-state index in [9.17, 15) is 19.8 Å². The normalized spacial score (nSPS) is 56.7. The standard InChI is InChI=1S/C38H50O14/c1-16(2)22(40)36-24-18(13-21(46-10)47-24)23(48-25(41)17(3)4)30(5)11-12-34-32(7)19(14-20(39)45-9)31(6)15-35(32)37(44,27(31)42)28(49-29(36)43)38(34,26(30)36)52-33(8,50-34)51-35/h13,16-17,19,21,23-24,26-28,42,44H,11-12,14-15H2,1-10H3. The number of hydrogen-bond donors (Lipinski definition) is 2. The fourth-order valence-corrected chi connectivity index (χ4v) is 14.3. The van der Waals surface area contributed by atoms with Crippen molar-refractivity contribution in [3.8, 4) is 0 Å². The molecular weight excluding hydrogens is 680 g/mol. The second kappa shape index (κ2) is 9.66. The summed E-state index contributed by atoms with van der Waals surface area (Å²) in [6.45, 7) is 14.1. The molecule has 0 aromatic rings. The molecule has 4 heterocycles. The maximum atomic E-state index is 15.4. The number of rotatable bonds is 7. The van der Waals surface area contributed by atoms with Crippen molar-refractivity contribution in [2.75, 3.05) is 14.2 Å². The van der Waals surface area contributed by atoms with E-state index in [1.807, 2.05) is 20.8 Å². The van der Waals surface area contributed by atoms with Crippen molar-refractivity contribution < 1.29 is 67.3 Å². The van der Waals surface area contributed by atoms with Gasteiger partial charge in [-0.3, -0.25) is 19.2 Å². The summed E-state index contributed by atoms with van der Waals surface area (Å²) >= 11 is 0. The van der Waals surface area contributed by atoms with Crippen LogP contribution in [0.2, 0.25) is 0 Å². The Bertz CT molecular complexity index is 1760. The third kappa shape index (κ3) is 3.09. The number of aliphatic hydroxyl groups excluding tert-OH is 1. The minimum Gasteiger partial charge on any atom is -0.469 e. The Hall–Kier alpha value is -2.46. The van der Waals surface area contributed by atoms with Gasteiger partial charge in [0, 0.05) is 54.1 Å². The van der Waals surface area contributed by atoms with Crippen LogP contribution in [0.1, 0.15) is 81.1 Å². The number of methoxy groups -OCH3 is 2. The lowest BCUT2D eigenvalue weighted by Gasteiger charge is -2.79. The molecule has 0 amide bonds. The van der Waals surface area contributed by atoms with E-state index in [1.165, 1.54) is 14.2 Å². The number of carbonyl (C=O) groups is 4. The Kier molecular flexibility index (Phi) is 6.55. The van der Waals surface area contributed by atoms with Crippen LogP contribution >= 0.6 is 0 Å². The van der Waals surface area contributed by atoms with Gasteiger partial charge in [-0.1, -0.05) is 48.5 Å². The number of Topliss-reactive ketones (excluding diaryl/α,β-unsaturated/α-hetero) is 1. The summed E-state index contributed by atoms with van der Waals surface area (Å²) in [5.41, 5.74) is -12.7. The minimum atomic E-state index is -2.29. The molecule has 2 N–H and O–H groups in total. The highest BCUT2D eigenvalue weighted by molar-refractivity contribution is 6.08. The Morgan fingerprint density at radius 2 is 1.63 bits per heavy atom. The lowest BCUT2D eigenvalue weighted by atomic mass is 9.29. The van der Waals surface area contributed by atoms with E-state index in [0.717, 1.165) is 0 Å². The molecule has 14 heteroatoms. The zero-order valence-corrected chi connectivity index (χ0v) is 31.4. The molecule has 0 aromatic carbocycles. The van der Waals surface area contributed by atoms with Gasteiger partial charge in [-0.15, -0.1) is 0 Å². The van der Waals surface area contributed by atoms with Gasteiger partial charge in [0.15, 0.2) is 29.2 Å². The van der Waals surface area contributed by atoms with Crippen molar-refractivity contribution in [3.63, 3.8) is 0 Å². The number of hydrogen-bond acceptors (Lipinski definition) is 14. The third-order valence-electron chi connectivity index (χ3n) is 15.8. The molecule has 5 saturated carbocycles. The van der Waals surface area contributed by atoms with Gasteiger partial charge in [0.2, 0.25) is 0 Å². The van der Waals surface area contributed by atoms with Crippen LogP contribution in [0.4, 0.5) is 0 Å². The van der Waals surface area contributed by atoms with E-state index in [-0.39, 0.29) is 25.7 Å². The molecular formula is C38H50O14. The molecule has 14 nitrogen and oxygen atoms in total. The zero-order chi connectivity index (χ0) is 37.8. The smallest absolute Gasteiger partial charge is 0.323 e. The molecule has 0 aromatic heterocycles. The number of fused-ring (bicyclic) bond motifs is 5. The van der Waals surface area contributed by atoms with Gasteiger partial charge in [-0.2, -0.15) is 0 Å². The number of ether oxygens (including phenoxy) is 8. The maximum Gasteiger partial charge on any atom is 0.323 e. The van der Waals surface area contributed by atoms with Crippen LogP contribution in [0.3, 0.4) is 0 Å². The molecule has 9 aliphatic rings. The van der Waals surface area contributed by atoms with E-state index < -0.39 is 128 Å². The lowest BCUT2D eigenvalue weighted by Crippen LogP contribution is -2.96. The van der Waals surface area contributed by atoms with Crippen molar-refractivity contribution >= 4 is 23.7 Å². The Labute approximate surface area is 302 Å². The summed E-state index contributed by atoms with van der Waals surface area (Å²) in [5, 5.41) is 26.0. The van der Waals surface area contributed by atoms with Gasteiger partial charge in [0.25, 0.3) is 5.97 Å². The van der Waals surface area contributed by atoms with Crippen LogP contribution in [-0.2, 0) is 57.1 Å². The molecule has 5 aliphatic carbocycles. The van der Waals surface area contributed by atoms with Crippen molar-refractivity contribution in [2.45, 2.75) is 140 Å². The number of ketones is 1. The van der Waals surface area contributed by atoms with Gasteiger partial charge in [-0.25, -0.2) is 0 Å². The van der Waals surface area contributed by atoms with E-state index >= 15 is 9.59 Å². The first kappa shape index (κ1) is 35.3. The van der Waals surface area contributed by atoms with E-state index in [2.05, 4.69) is 0 Å². The van der Waals surface area contributed by atoms with Gasteiger partial charge in [-0.05, 0) is 31.3 Å². The summed E-state index contributed by atoms with van der Waals surface area (Å²) in [6.07, 6.45) is -4.39. The first-order valence-corrected chi connectivity index (χ1v) is 18.6. The number of esters is 3. The van der Waals surface area contributed by atoms with Crippen molar-refractivity contribution in [1.29, 1.82) is 0 Å². The van der Waals surface area contributed by atoms with Crippen LogP contribution < -0.4 is 0 Å². The molecule has 3 spiro atoms. The summed E-state index contributed by atoms with van der Waals surface area (Å²) in [4.78, 5) is 57.5. The van der Waals surface area contributed by atoms with E-state index in [1.54, 1.807) is 40.7 Å². The van der Waals surface area contributed by atoms with Crippen LogP contribution in [-0.4, -0.2) is 107 Å². The highest BCUT2D eigenvalue weighted by atomic mass is 16.9. The highest BCUT2D eigenvalue weighted by Crippen LogP contribution is 2.91. The molecule has 3 saturated heterocycles. The largest absolute Gasteiger partial charge is 0.469 e. The second-order valence-electron chi connectivity index (χ2n) is 18.4. The van der Waals surface area contributed by atoms with E-state index in [0.29, 0.717) is 5.57 Å². The Balaban J connectivity index is 1.40. The summed E-state index contributed by atoms with van der Waals surface area (Å²) in [7, 11) is 2.73. The van der Waals surface area contributed by atoms with Crippen molar-refractivity contribution in [3.05, 3.63) is 11.6 Å². The van der Waals surface area contributed by atoms with Crippen LogP contribution in [0, 0.1) is 45.3 Å². The Morgan fingerprint density at radius 3 is 2.25 bits per heavy atom. The molecule has 4 aliphatic heterocycles. The predicted molar refractivity (Wildman–Crippen MR) is 173 cm³/mol. The fraction of sp³-hybridized carbons (Fsp3) is 0.842. The van der Waals surface area contributed by atoms with Gasteiger partial charge in [0.1, 0.15) is 29.0 Å². The number of carbonyl (C=O) groups excluding carboxylic acids is 4. The average molecular weight is 731 g/mol. The van der Waals surface area contributed by atoms with Gasteiger partial charge in [0.05, 0.1) is 19.1 Å². The molecule has 9 rings (SSSR count). The first-order valence-electron chi connectivity index (χ1n) is 18.6.